The fourth-order valence-electron chi connectivity index (χ4n) is 3.59. The highest BCUT2D eigenvalue weighted by Crippen LogP contribution is 2.35. The van der Waals surface area contributed by atoms with Crippen LogP contribution < -0.4 is 14.4 Å². The minimum Gasteiger partial charge on any atom is -0.493 e. The van der Waals surface area contributed by atoms with Gasteiger partial charge in [0.05, 0.1) is 30.9 Å². The molecule has 0 saturated carbocycles. The molecule has 2 aromatic rings. The van der Waals surface area contributed by atoms with E-state index in [4.69, 9.17) is 19.3 Å². The monoisotopic (exact) mass is 497 g/mol. The van der Waals surface area contributed by atoms with E-state index in [0.717, 1.165) is 43.2 Å². The lowest BCUT2D eigenvalue weighted by Gasteiger charge is -2.28. The summed E-state index contributed by atoms with van der Waals surface area (Å²) in [5, 5.41) is 9.66. The number of amidine groups is 1. The number of nitrogens with zero attached hydrogens (tertiary/aromatic N) is 3. The lowest BCUT2D eigenvalue weighted by molar-refractivity contribution is -0.144. The number of hydrogen-bond acceptors (Lipinski definition) is 8. The van der Waals surface area contributed by atoms with Crippen LogP contribution in [-0.4, -0.2) is 73.6 Å². The van der Waals surface area contributed by atoms with E-state index < -0.39 is 12.1 Å². The maximum atomic E-state index is 12.8. The number of carbonyl (C=O) groups is 2. The normalized spacial score (nSPS) is 19.3. The van der Waals surface area contributed by atoms with Crippen LogP contribution in [0.5, 0.6) is 11.5 Å². The van der Waals surface area contributed by atoms with E-state index in [2.05, 4.69) is 9.89 Å². The number of methoxy groups -OCH3 is 1. The molecule has 0 bridgehead atoms. The molecule has 4 rings (SSSR count). The second-order valence-electron chi connectivity index (χ2n) is 7.99. The Bertz CT molecular complexity index is 1160. The number of carbonyl (C=O) groups excluding carboxylic acids is 1. The van der Waals surface area contributed by atoms with Crippen LogP contribution in [-0.2, 0) is 14.3 Å². The molecule has 2 aromatic carbocycles. The Morgan fingerprint density at radius 3 is 2.54 bits per heavy atom. The van der Waals surface area contributed by atoms with Crippen molar-refractivity contribution in [2.24, 2.45) is 4.99 Å². The average Bonchev–Trinajstić information content (AvgIpc) is 3.13. The molecule has 2 heterocycles. The summed E-state index contributed by atoms with van der Waals surface area (Å²) in [5.74, 6) is -0.533. The van der Waals surface area contributed by atoms with Crippen LogP contribution in [0.15, 0.2) is 52.4 Å². The molecular weight excluding hydrogens is 470 g/mol. The van der Waals surface area contributed by atoms with Crippen LogP contribution in [0.1, 0.15) is 12.5 Å². The number of morpholine rings is 1. The second kappa shape index (κ2) is 10.8. The Morgan fingerprint density at radius 2 is 1.89 bits per heavy atom. The Hall–Kier alpha value is -3.50. The van der Waals surface area contributed by atoms with Gasteiger partial charge in [-0.2, -0.15) is 0 Å². The van der Waals surface area contributed by atoms with Gasteiger partial charge >= 0.3 is 5.97 Å². The van der Waals surface area contributed by atoms with Crippen molar-refractivity contribution >= 4 is 46.3 Å². The van der Waals surface area contributed by atoms with E-state index in [9.17, 15) is 9.59 Å². The maximum Gasteiger partial charge on any atom is 0.344 e. The number of carboxylic acid groups (broad SMARTS) is 1. The van der Waals surface area contributed by atoms with Crippen molar-refractivity contribution < 1.29 is 28.9 Å². The summed E-state index contributed by atoms with van der Waals surface area (Å²) in [7, 11) is 3.17. The number of aliphatic imine (C=N–C) groups is 1. The maximum absolute atomic E-state index is 12.8. The number of hydrogen-bond donors (Lipinski definition) is 1. The molecule has 0 unspecified atom stereocenters. The molecule has 2 aliphatic rings. The average molecular weight is 498 g/mol. The molecule has 0 radical (unpaired) electrons. The standard InChI is InChI=1S/C25H27N3O6S/c1-16(24(30)31)34-20-9-4-17(14-21(20)32-3)15-22-23(29)27(2)25(35-22)26-18-5-7-19(8-6-18)28-10-12-33-13-11-28/h4-9,14-16H,10-13H2,1-3H3,(H,30,31)/b22-15+,26-25?/t16-/m0/s1. The van der Waals surface area contributed by atoms with Crippen LogP contribution in [0.2, 0.25) is 0 Å². The van der Waals surface area contributed by atoms with Gasteiger partial charge in [-0.3, -0.25) is 9.69 Å². The predicted molar refractivity (Wildman–Crippen MR) is 136 cm³/mol. The molecular formula is C25H27N3O6S. The Balaban J connectivity index is 1.50. The zero-order chi connectivity index (χ0) is 24.9. The van der Waals surface area contributed by atoms with E-state index >= 15 is 0 Å². The van der Waals surface area contributed by atoms with Gasteiger partial charge in [0, 0.05) is 25.8 Å². The molecule has 184 valence electrons. The second-order valence-corrected chi connectivity index (χ2v) is 9.00. The fraction of sp³-hybridized carbons (Fsp3) is 0.320. The molecule has 1 atom stereocenters. The highest BCUT2D eigenvalue weighted by molar-refractivity contribution is 8.18. The minimum atomic E-state index is -1.07. The van der Waals surface area contributed by atoms with Gasteiger partial charge in [-0.1, -0.05) is 6.07 Å². The smallest absolute Gasteiger partial charge is 0.344 e. The fourth-order valence-corrected chi connectivity index (χ4v) is 4.57. The predicted octanol–water partition coefficient (Wildman–Crippen LogP) is 3.62. The zero-order valence-corrected chi connectivity index (χ0v) is 20.6. The minimum absolute atomic E-state index is 0.155. The van der Waals surface area contributed by atoms with E-state index in [-0.39, 0.29) is 5.91 Å². The van der Waals surface area contributed by atoms with Crippen molar-refractivity contribution in [3.63, 3.8) is 0 Å². The summed E-state index contributed by atoms with van der Waals surface area (Å²) < 4.78 is 16.2. The van der Waals surface area contributed by atoms with Gasteiger partial charge in [-0.05, 0) is 66.7 Å². The number of aliphatic carboxylic acids is 1. The molecule has 2 saturated heterocycles. The Labute approximate surface area is 208 Å². The van der Waals surface area contributed by atoms with E-state index in [0.29, 0.717) is 21.6 Å². The molecule has 2 fully saturated rings. The number of anilines is 1. The topological polar surface area (TPSA) is 101 Å². The quantitative estimate of drug-likeness (QED) is 0.579. The summed E-state index contributed by atoms with van der Waals surface area (Å²) >= 11 is 1.29. The number of benzene rings is 2. The first-order chi connectivity index (χ1) is 16.9. The SMILES string of the molecule is COc1cc(/C=C2/SC(=Nc3ccc(N4CCOCC4)cc3)N(C)C2=O)ccc1O[C@@H](C)C(=O)O. The number of ether oxygens (including phenoxy) is 3. The van der Waals surface area contributed by atoms with Crippen LogP contribution in [0.4, 0.5) is 11.4 Å². The van der Waals surface area contributed by atoms with Crippen molar-refractivity contribution in [3.8, 4) is 11.5 Å². The van der Waals surface area contributed by atoms with Crippen molar-refractivity contribution in [2.45, 2.75) is 13.0 Å². The van der Waals surface area contributed by atoms with Gasteiger partial charge in [0.15, 0.2) is 22.8 Å². The third-order valence-electron chi connectivity index (χ3n) is 5.59. The lowest BCUT2D eigenvalue weighted by Crippen LogP contribution is -2.36. The highest BCUT2D eigenvalue weighted by Gasteiger charge is 2.30. The van der Waals surface area contributed by atoms with Crippen LogP contribution in [0, 0.1) is 0 Å². The van der Waals surface area contributed by atoms with Crippen molar-refractivity contribution in [1.29, 1.82) is 0 Å². The summed E-state index contributed by atoms with van der Waals surface area (Å²) in [6, 6.07) is 13.0. The third kappa shape index (κ3) is 5.77. The molecule has 1 N–H and O–H groups in total. The number of amides is 1. The molecule has 9 nitrogen and oxygen atoms in total. The first kappa shape index (κ1) is 24.6. The zero-order valence-electron chi connectivity index (χ0n) is 19.8. The molecule has 0 aromatic heterocycles. The summed E-state index contributed by atoms with van der Waals surface area (Å²) in [5.41, 5.74) is 2.61. The van der Waals surface area contributed by atoms with Crippen LogP contribution >= 0.6 is 11.8 Å². The Kier molecular flexibility index (Phi) is 7.62. The highest BCUT2D eigenvalue weighted by atomic mass is 32.2. The molecule has 0 aliphatic carbocycles. The van der Waals surface area contributed by atoms with Gasteiger partial charge in [-0.15, -0.1) is 0 Å². The third-order valence-corrected chi connectivity index (χ3v) is 6.65. The van der Waals surface area contributed by atoms with Crippen LogP contribution in [0.3, 0.4) is 0 Å². The van der Waals surface area contributed by atoms with Gasteiger partial charge in [0.25, 0.3) is 5.91 Å². The Morgan fingerprint density at radius 1 is 1.17 bits per heavy atom. The first-order valence-electron chi connectivity index (χ1n) is 11.1. The van der Waals surface area contributed by atoms with Gasteiger partial charge in [0.2, 0.25) is 0 Å². The van der Waals surface area contributed by atoms with Crippen molar-refractivity contribution in [2.75, 3.05) is 45.4 Å². The van der Waals surface area contributed by atoms with E-state index in [1.807, 2.05) is 24.3 Å². The van der Waals surface area contributed by atoms with Crippen molar-refractivity contribution in [3.05, 3.63) is 52.9 Å². The van der Waals surface area contributed by atoms with Gasteiger partial charge in [-0.25, -0.2) is 9.79 Å². The van der Waals surface area contributed by atoms with E-state index in [1.165, 1.54) is 30.7 Å². The first-order valence-corrected chi connectivity index (χ1v) is 11.9. The molecule has 1 amide bonds. The van der Waals surface area contributed by atoms with Gasteiger partial charge < -0.3 is 24.2 Å². The molecule has 2 aliphatic heterocycles. The number of likely N-dealkylation sites (N-methyl/N-ethyl adjacent to an activating group) is 1. The van der Waals surface area contributed by atoms with Crippen molar-refractivity contribution in [1.82, 2.24) is 4.90 Å². The molecule has 10 heteroatoms. The summed E-state index contributed by atoms with van der Waals surface area (Å²) in [6.45, 7) is 4.63. The number of rotatable bonds is 7. The summed E-state index contributed by atoms with van der Waals surface area (Å²) in [6.07, 6.45) is 0.732. The molecule has 0 spiro atoms. The summed E-state index contributed by atoms with van der Waals surface area (Å²) in [4.78, 5) is 32.9. The van der Waals surface area contributed by atoms with Gasteiger partial charge in [0.1, 0.15) is 0 Å². The largest absolute Gasteiger partial charge is 0.493 e. The van der Waals surface area contributed by atoms with E-state index in [1.54, 1.807) is 31.3 Å². The number of thioether (sulfide) groups is 1. The lowest BCUT2D eigenvalue weighted by atomic mass is 10.2. The molecule has 35 heavy (non-hydrogen) atoms. The number of carboxylic acids is 1. The van der Waals surface area contributed by atoms with Crippen LogP contribution in [0.25, 0.3) is 6.08 Å².